The fourth-order valence-electron chi connectivity index (χ4n) is 0.982. The van der Waals surface area contributed by atoms with Gasteiger partial charge in [-0.05, 0) is 23.9 Å². The molecule has 0 unspecified atom stereocenters. The maximum atomic E-state index is 3.91. The van der Waals surface area contributed by atoms with Crippen molar-refractivity contribution in [1.29, 1.82) is 0 Å². The van der Waals surface area contributed by atoms with Crippen LogP contribution in [0.1, 0.15) is 11.1 Å². The highest BCUT2D eigenvalue weighted by molar-refractivity contribution is 9.08. The minimum atomic E-state index is 0.840. The lowest BCUT2D eigenvalue weighted by molar-refractivity contribution is 1.40. The number of rotatable bonds is 3. The van der Waals surface area contributed by atoms with E-state index in [-0.39, 0.29) is 0 Å². The Hall–Kier alpha value is -0.890. The van der Waals surface area contributed by atoms with Crippen LogP contribution >= 0.6 is 15.9 Å². The minimum absolute atomic E-state index is 0.840. The zero-order chi connectivity index (χ0) is 8.97. The van der Waals surface area contributed by atoms with E-state index in [2.05, 4.69) is 34.2 Å². The van der Waals surface area contributed by atoms with E-state index in [0.29, 0.717) is 0 Å². The Morgan fingerprint density at radius 1 is 1.50 bits per heavy atom. The third-order valence-electron chi connectivity index (χ3n) is 1.64. The van der Waals surface area contributed by atoms with E-state index in [4.69, 9.17) is 0 Å². The van der Waals surface area contributed by atoms with Crippen LogP contribution in [0.4, 0.5) is 5.69 Å². The van der Waals surface area contributed by atoms with Gasteiger partial charge in [-0.2, -0.15) is 0 Å². The van der Waals surface area contributed by atoms with Gasteiger partial charge in [-0.1, -0.05) is 40.7 Å². The van der Waals surface area contributed by atoms with Gasteiger partial charge in [-0.15, -0.1) is 0 Å². The van der Waals surface area contributed by atoms with Gasteiger partial charge in [0.25, 0.3) is 0 Å². The maximum absolute atomic E-state index is 3.91. The smallest absolute Gasteiger partial charge is 0.0697 e. The van der Waals surface area contributed by atoms with Gasteiger partial charge in [0.05, 0.1) is 5.69 Å². The lowest BCUT2D eigenvalue weighted by Crippen LogP contribution is -1.79. The summed E-state index contributed by atoms with van der Waals surface area (Å²) in [5, 5.41) is 0.840. The summed E-state index contributed by atoms with van der Waals surface area (Å²) >= 11 is 3.38. The van der Waals surface area contributed by atoms with Crippen molar-refractivity contribution in [3.63, 3.8) is 0 Å². The fraction of sp³-hybridized carbons (Fsp3) is 0.100. The van der Waals surface area contributed by atoms with Crippen molar-refractivity contribution in [3.8, 4) is 0 Å². The number of hydrogen-bond acceptors (Lipinski definition) is 1. The first-order chi connectivity index (χ1) is 5.81. The molecule has 0 bridgehead atoms. The molecule has 0 saturated heterocycles. The van der Waals surface area contributed by atoms with Crippen LogP contribution in [0.3, 0.4) is 0 Å². The predicted octanol–water partition coefficient (Wildman–Crippen LogP) is 3.56. The monoisotopic (exact) mass is 223 g/mol. The van der Waals surface area contributed by atoms with Gasteiger partial charge >= 0.3 is 0 Å². The average Bonchev–Trinajstić information content (AvgIpc) is 2.16. The molecule has 0 fully saturated rings. The zero-order valence-electron chi connectivity index (χ0n) is 6.76. The molecule has 0 radical (unpaired) electrons. The maximum Gasteiger partial charge on any atom is 0.0697 e. The normalized spacial score (nSPS) is 9.42. The quantitative estimate of drug-likeness (QED) is 0.549. The van der Waals surface area contributed by atoms with Crippen molar-refractivity contribution in [2.45, 2.75) is 5.33 Å². The average molecular weight is 224 g/mol. The summed E-state index contributed by atoms with van der Waals surface area (Å²) in [6.45, 7) is 7.20. The molecule has 12 heavy (non-hydrogen) atoms. The van der Waals surface area contributed by atoms with Gasteiger partial charge in [0.2, 0.25) is 0 Å². The summed E-state index contributed by atoms with van der Waals surface area (Å²) < 4.78 is 0. The van der Waals surface area contributed by atoms with Gasteiger partial charge in [-0.25, -0.2) is 0 Å². The molecule has 0 aliphatic carbocycles. The van der Waals surface area contributed by atoms with Crippen molar-refractivity contribution in [3.05, 3.63) is 35.9 Å². The largest absolute Gasteiger partial charge is 0.264 e. The molecule has 62 valence electrons. The molecule has 0 aliphatic rings. The van der Waals surface area contributed by atoms with Crippen molar-refractivity contribution < 1.29 is 0 Å². The molecule has 0 heterocycles. The van der Waals surface area contributed by atoms with Crippen LogP contribution in [-0.2, 0) is 5.33 Å². The van der Waals surface area contributed by atoms with E-state index >= 15 is 0 Å². The summed E-state index contributed by atoms with van der Waals surface area (Å²) in [6.07, 6.45) is 1.78. The summed E-state index contributed by atoms with van der Waals surface area (Å²) in [4.78, 5) is 3.91. The number of halogens is 1. The number of hydrogen-bond donors (Lipinski definition) is 0. The standard InChI is InChI=1S/C10H10BrN/c1-3-9-5-4-8(7-11)6-10(9)12-2/h3-6H,1-2,7H2. The highest BCUT2D eigenvalue weighted by Crippen LogP contribution is 2.22. The second-order valence-electron chi connectivity index (χ2n) is 2.39. The Bertz CT molecular complexity index is 305. The first kappa shape index (κ1) is 9.20. The van der Waals surface area contributed by atoms with E-state index in [1.54, 1.807) is 6.08 Å². The second kappa shape index (κ2) is 4.21. The third kappa shape index (κ3) is 1.83. The topological polar surface area (TPSA) is 12.4 Å². The molecule has 0 spiro atoms. The van der Waals surface area contributed by atoms with Gasteiger partial charge in [0.15, 0.2) is 0 Å². The molecule has 1 rings (SSSR count). The van der Waals surface area contributed by atoms with Crippen LogP contribution in [-0.4, -0.2) is 6.72 Å². The van der Waals surface area contributed by atoms with Gasteiger partial charge in [0.1, 0.15) is 0 Å². The predicted molar refractivity (Wildman–Crippen MR) is 58.4 cm³/mol. The van der Waals surface area contributed by atoms with Crippen LogP contribution in [0.15, 0.2) is 29.8 Å². The molecule has 0 aliphatic heterocycles. The SMILES string of the molecule is C=Cc1ccc(CBr)cc1N=C. The molecule has 1 aromatic rings. The van der Waals surface area contributed by atoms with Crippen LogP contribution in [0.2, 0.25) is 0 Å². The molecule has 0 amide bonds. The number of alkyl halides is 1. The van der Waals surface area contributed by atoms with Gasteiger partial charge < -0.3 is 0 Å². The Morgan fingerprint density at radius 2 is 2.25 bits per heavy atom. The molecule has 1 aromatic carbocycles. The van der Waals surface area contributed by atoms with Crippen LogP contribution in [0, 0.1) is 0 Å². The third-order valence-corrected chi connectivity index (χ3v) is 2.29. The number of nitrogens with zero attached hydrogens (tertiary/aromatic N) is 1. The van der Waals surface area contributed by atoms with E-state index in [1.807, 2.05) is 18.2 Å². The lowest BCUT2D eigenvalue weighted by Gasteiger charge is -2.01. The van der Waals surface area contributed by atoms with Crippen molar-refractivity contribution >= 4 is 34.4 Å². The Labute approximate surface area is 81.0 Å². The first-order valence-electron chi connectivity index (χ1n) is 3.60. The van der Waals surface area contributed by atoms with Crippen molar-refractivity contribution in [1.82, 2.24) is 0 Å². The van der Waals surface area contributed by atoms with E-state index in [9.17, 15) is 0 Å². The Kier molecular flexibility index (Phi) is 3.23. The number of benzene rings is 1. The van der Waals surface area contributed by atoms with Crippen LogP contribution < -0.4 is 0 Å². The fourth-order valence-corrected chi connectivity index (χ4v) is 1.33. The lowest BCUT2D eigenvalue weighted by atomic mass is 10.1. The van der Waals surface area contributed by atoms with Gasteiger partial charge in [-0.3, -0.25) is 4.99 Å². The van der Waals surface area contributed by atoms with Crippen molar-refractivity contribution in [2.75, 3.05) is 0 Å². The Morgan fingerprint density at radius 3 is 2.75 bits per heavy atom. The van der Waals surface area contributed by atoms with E-state index < -0.39 is 0 Å². The highest BCUT2D eigenvalue weighted by atomic mass is 79.9. The molecule has 1 nitrogen and oxygen atoms in total. The van der Waals surface area contributed by atoms with E-state index in [1.165, 1.54) is 5.56 Å². The van der Waals surface area contributed by atoms with Crippen molar-refractivity contribution in [2.24, 2.45) is 4.99 Å². The molecule has 2 heteroatoms. The van der Waals surface area contributed by atoms with Crippen LogP contribution in [0.25, 0.3) is 6.08 Å². The summed E-state index contributed by atoms with van der Waals surface area (Å²) in [5.41, 5.74) is 3.11. The molecule has 0 aromatic heterocycles. The summed E-state index contributed by atoms with van der Waals surface area (Å²) in [5.74, 6) is 0. The van der Waals surface area contributed by atoms with Gasteiger partial charge in [0, 0.05) is 5.33 Å². The summed E-state index contributed by atoms with van der Waals surface area (Å²) in [6, 6.07) is 6.03. The molecule has 0 saturated carbocycles. The Balaban J connectivity index is 3.18. The van der Waals surface area contributed by atoms with Crippen LogP contribution in [0.5, 0.6) is 0 Å². The molecular formula is C10H10BrN. The molecule has 0 atom stereocenters. The number of aliphatic imine (C=N–C) groups is 1. The molecular weight excluding hydrogens is 214 g/mol. The first-order valence-corrected chi connectivity index (χ1v) is 4.72. The highest BCUT2D eigenvalue weighted by Gasteiger charge is 1.97. The zero-order valence-corrected chi connectivity index (χ0v) is 8.34. The second-order valence-corrected chi connectivity index (χ2v) is 2.95. The molecule has 0 N–H and O–H groups in total. The van der Waals surface area contributed by atoms with E-state index in [0.717, 1.165) is 16.6 Å². The summed E-state index contributed by atoms with van der Waals surface area (Å²) in [7, 11) is 0. The minimum Gasteiger partial charge on any atom is -0.264 e.